The fraction of sp³-hybridized carbons (Fsp3) is 0.400. The van der Waals surface area contributed by atoms with E-state index in [0.717, 1.165) is 0 Å². The number of phenolic OH excluding ortho intramolecular Hbond substituents is 1. The summed E-state index contributed by atoms with van der Waals surface area (Å²) in [6, 6.07) is 0. The van der Waals surface area contributed by atoms with Crippen LogP contribution in [0.4, 0.5) is 17.1 Å². The number of phenols is 1. The molecule has 0 unspecified atom stereocenters. The summed E-state index contributed by atoms with van der Waals surface area (Å²) < 4.78 is 0. The number of rotatable bonds is 4. The van der Waals surface area contributed by atoms with Crippen molar-refractivity contribution in [1.29, 1.82) is 5.39 Å². The monoisotopic (exact) mass is 267 g/mol. The molecule has 1 rings (SSSR count). The lowest BCUT2D eigenvalue weighted by molar-refractivity contribution is -0.396. The van der Waals surface area contributed by atoms with Crippen molar-refractivity contribution in [1.82, 2.24) is 0 Å². The second kappa shape index (κ2) is 5.26. The van der Waals surface area contributed by atoms with Gasteiger partial charge >= 0.3 is 17.1 Å². The molecule has 9 nitrogen and oxygen atoms in total. The van der Waals surface area contributed by atoms with Gasteiger partial charge in [-0.2, -0.15) is 0 Å². The van der Waals surface area contributed by atoms with Gasteiger partial charge in [-0.3, -0.25) is 20.2 Å². The molecule has 9 heteroatoms. The molecule has 0 saturated heterocycles. The van der Waals surface area contributed by atoms with Crippen molar-refractivity contribution in [3.8, 4) is 5.75 Å². The van der Waals surface area contributed by atoms with Crippen LogP contribution in [0, 0.1) is 25.6 Å². The van der Waals surface area contributed by atoms with Crippen molar-refractivity contribution >= 4 is 17.1 Å². The minimum absolute atomic E-state index is 0.0348. The van der Waals surface area contributed by atoms with Gasteiger partial charge in [0.25, 0.3) is 5.75 Å². The number of nitrogens with zero attached hydrogens (tertiary/aromatic N) is 4. The van der Waals surface area contributed by atoms with E-state index in [-0.39, 0.29) is 29.7 Å². The number of hydrogen-bond donors (Lipinski definition) is 1. The predicted molar refractivity (Wildman–Crippen MR) is 64.9 cm³/mol. The molecule has 0 aliphatic rings. The van der Waals surface area contributed by atoms with Crippen LogP contribution in [-0.2, 0) is 12.8 Å². The Hall–Kier alpha value is -2.76. The predicted octanol–water partition coefficient (Wildman–Crippen LogP) is 2.82. The summed E-state index contributed by atoms with van der Waals surface area (Å²) in [5.74, 6) is -1.00. The third-order valence-electron chi connectivity index (χ3n) is 2.76. The Morgan fingerprint density at radius 2 is 1.47 bits per heavy atom. The first kappa shape index (κ1) is 14.3. The minimum atomic E-state index is -1.00. The van der Waals surface area contributed by atoms with Crippen LogP contribution in [-0.4, -0.2) is 15.0 Å². The van der Waals surface area contributed by atoms with Crippen LogP contribution < -0.4 is 0 Å². The van der Waals surface area contributed by atoms with Gasteiger partial charge in [0.15, 0.2) is 4.98 Å². The van der Waals surface area contributed by atoms with Gasteiger partial charge < -0.3 is 5.11 Å². The molecule has 0 aliphatic carbocycles. The first-order valence-electron chi connectivity index (χ1n) is 5.45. The van der Waals surface area contributed by atoms with Crippen molar-refractivity contribution in [3.63, 3.8) is 0 Å². The zero-order chi connectivity index (χ0) is 14.7. The maximum atomic E-state index is 10.9. The van der Waals surface area contributed by atoms with Crippen molar-refractivity contribution in [2.45, 2.75) is 26.7 Å². The summed E-state index contributed by atoms with van der Waals surface area (Å²) in [5.41, 5.74) is -1.88. The average Bonchev–Trinajstić information content (AvgIpc) is 2.35. The van der Waals surface area contributed by atoms with Crippen molar-refractivity contribution in [2.24, 2.45) is 0 Å². The van der Waals surface area contributed by atoms with Gasteiger partial charge in [-0.15, -0.1) is 0 Å². The van der Waals surface area contributed by atoms with E-state index in [4.69, 9.17) is 5.39 Å². The highest BCUT2D eigenvalue weighted by atomic mass is 16.6. The molecular formula is C10H11N4O5+. The fourth-order valence-corrected chi connectivity index (χ4v) is 1.99. The zero-order valence-corrected chi connectivity index (χ0v) is 10.3. The number of nitro benzene ring substituents is 2. The molecule has 0 saturated carbocycles. The largest absolute Gasteiger partial charge is 0.497 e. The van der Waals surface area contributed by atoms with Gasteiger partial charge in [0.05, 0.1) is 9.85 Å². The SMILES string of the molecule is CCc1c([N+]#N)c(CC)c([N+](=O)[O-])c(O)c1[N+](=O)[O-]. The summed E-state index contributed by atoms with van der Waals surface area (Å²) in [5, 5.41) is 40.6. The Bertz CT molecular complexity index is 562. The second-order valence-electron chi connectivity index (χ2n) is 3.67. The lowest BCUT2D eigenvalue weighted by Crippen LogP contribution is -2.03. The molecule has 0 heterocycles. The maximum absolute atomic E-state index is 10.9. The summed E-state index contributed by atoms with van der Waals surface area (Å²) in [6.07, 6.45) is 0.183. The van der Waals surface area contributed by atoms with Gasteiger partial charge in [-0.05, 0) is 12.8 Å². The van der Waals surface area contributed by atoms with Gasteiger partial charge in [0.2, 0.25) is 5.39 Å². The minimum Gasteiger partial charge on any atom is -0.497 e. The quantitative estimate of drug-likeness (QED) is 0.506. The Kier molecular flexibility index (Phi) is 3.96. The molecular weight excluding hydrogens is 256 g/mol. The normalized spacial score (nSPS) is 9.95. The number of benzene rings is 1. The smallest absolute Gasteiger partial charge is 0.405 e. The Labute approximate surface area is 107 Å². The summed E-state index contributed by atoms with van der Waals surface area (Å²) >= 11 is 0. The van der Waals surface area contributed by atoms with Crippen LogP contribution in [0.25, 0.3) is 4.98 Å². The highest BCUT2D eigenvalue weighted by Crippen LogP contribution is 2.47. The first-order valence-corrected chi connectivity index (χ1v) is 5.45. The number of nitro groups is 2. The van der Waals surface area contributed by atoms with Gasteiger partial charge in [-0.1, -0.05) is 13.8 Å². The summed E-state index contributed by atoms with van der Waals surface area (Å²) in [4.78, 5) is 23.0. The first-order chi connectivity index (χ1) is 8.90. The van der Waals surface area contributed by atoms with Crippen molar-refractivity contribution < 1.29 is 15.0 Å². The molecule has 19 heavy (non-hydrogen) atoms. The molecule has 1 aromatic carbocycles. The molecule has 0 atom stereocenters. The third-order valence-corrected chi connectivity index (χ3v) is 2.76. The molecule has 0 bridgehead atoms. The van der Waals surface area contributed by atoms with E-state index in [9.17, 15) is 25.3 Å². The number of hydrogen-bond acceptors (Lipinski definition) is 6. The van der Waals surface area contributed by atoms with E-state index in [1.807, 2.05) is 0 Å². The van der Waals surface area contributed by atoms with E-state index in [0.29, 0.717) is 0 Å². The zero-order valence-electron chi connectivity index (χ0n) is 10.3. The maximum Gasteiger partial charge on any atom is 0.405 e. The number of diazo groups is 1. The van der Waals surface area contributed by atoms with Crippen LogP contribution in [0.5, 0.6) is 5.75 Å². The highest BCUT2D eigenvalue weighted by Gasteiger charge is 2.41. The van der Waals surface area contributed by atoms with Crippen LogP contribution in [0.1, 0.15) is 25.0 Å². The van der Waals surface area contributed by atoms with Crippen LogP contribution >= 0.6 is 0 Å². The van der Waals surface area contributed by atoms with Gasteiger partial charge in [0, 0.05) is 0 Å². The van der Waals surface area contributed by atoms with Crippen LogP contribution in [0.2, 0.25) is 0 Å². The second-order valence-corrected chi connectivity index (χ2v) is 3.67. The summed E-state index contributed by atoms with van der Waals surface area (Å²) in [6.45, 7) is 3.11. The lowest BCUT2D eigenvalue weighted by atomic mass is 9.98. The lowest BCUT2D eigenvalue weighted by Gasteiger charge is -2.04. The van der Waals surface area contributed by atoms with Gasteiger partial charge in [-0.25, -0.2) is 0 Å². The average molecular weight is 267 g/mol. The third kappa shape index (κ3) is 2.15. The van der Waals surface area contributed by atoms with Crippen molar-refractivity contribution in [2.75, 3.05) is 0 Å². The molecule has 0 fully saturated rings. The van der Waals surface area contributed by atoms with Gasteiger partial charge in [0.1, 0.15) is 11.1 Å². The van der Waals surface area contributed by atoms with E-state index in [1.165, 1.54) is 0 Å². The Morgan fingerprint density at radius 1 is 1.11 bits per heavy atom. The Balaban J connectivity index is 3.99. The molecule has 0 spiro atoms. The molecule has 0 aromatic heterocycles. The summed E-state index contributed by atoms with van der Waals surface area (Å²) in [7, 11) is 0. The topological polar surface area (TPSA) is 135 Å². The molecule has 1 aromatic rings. The van der Waals surface area contributed by atoms with E-state index in [1.54, 1.807) is 13.8 Å². The standard InChI is InChI=1S/C10H10N4O5/c1-3-5-7(12-11)6(4-2)9(14(18)19)10(15)8(5)13(16)17/h3-4H2,1-2H3/p+1. The Morgan fingerprint density at radius 3 is 1.68 bits per heavy atom. The van der Waals surface area contributed by atoms with E-state index in [2.05, 4.69) is 4.98 Å². The molecule has 0 amide bonds. The molecule has 0 radical (unpaired) electrons. The van der Waals surface area contributed by atoms with E-state index >= 15 is 0 Å². The van der Waals surface area contributed by atoms with Crippen LogP contribution in [0.15, 0.2) is 0 Å². The highest BCUT2D eigenvalue weighted by molar-refractivity contribution is 5.79. The van der Waals surface area contributed by atoms with E-state index < -0.39 is 27.0 Å². The van der Waals surface area contributed by atoms with Crippen LogP contribution in [0.3, 0.4) is 0 Å². The number of aromatic hydroxyl groups is 1. The molecule has 0 aliphatic heterocycles. The molecule has 1 N–H and O–H groups in total. The fourth-order valence-electron chi connectivity index (χ4n) is 1.99. The van der Waals surface area contributed by atoms with Crippen molar-refractivity contribution in [3.05, 3.63) is 36.3 Å². The molecule has 100 valence electrons.